The Labute approximate surface area is 140 Å². The molecule has 0 unspecified atom stereocenters. The molecule has 1 atom stereocenters. The number of pyridine rings is 2. The van der Waals surface area contributed by atoms with Gasteiger partial charge in [0.1, 0.15) is 11.3 Å². The third kappa shape index (κ3) is 3.08. The lowest BCUT2D eigenvalue weighted by Gasteiger charge is -2.16. The minimum atomic E-state index is -3.73. The van der Waals surface area contributed by atoms with Gasteiger partial charge in [0.25, 0.3) is 0 Å². The second-order valence-electron chi connectivity index (χ2n) is 5.29. The monoisotopic (exact) mass is 343 g/mol. The topological polar surface area (TPSA) is 81.2 Å². The maximum Gasteiger partial charge on any atom is 0.241 e. The number of nitrogens with one attached hydrogen (secondary N) is 1. The predicted molar refractivity (Wildman–Crippen MR) is 91.3 cm³/mol. The molecule has 24 heavy (non-hydrogen) atoms. The van der Waals surface area contributed by atoms with Gasteiger partial charge in [0, 0.05) is 30.0 Å². The third-order valence-electron chi connectivity index (χ3n) is 3.72. The lowest BCUT2D eigenvalue weighted by atomic mass is 10.2. The van der Waals surface area contributed by atoms with Crippen molar-refractivity contribution in [1.29, 1.82) is 0 Å². The molecule has 0 amide bonds. The number of fused-ring (bicyclic) bond motifs is 1. The SMILES string of the molecule is COc1ccc(S(=O)(=O)N[C@@H](C)c2cccnc2)c2cccnc12. The van der Waals surface area contributed by atoms with E-state index in [4.69, 9.17) is 4.74 Å². The Morgan fingerprint density at radius 2 is 1.92 bits per heavy atom. The lowest BCUT2D eigenvalue weighted by molar-refractivity contribution is 0.418. The van der Waals surface area contributed by atoms with E-state index in [9.17, 15) is 8.42 Å². The second kappa shape index (κ2) is 6.54. The van der Waals surface area contributed by atoms with Crippen molar-refractivity contribution in [3.63, 3.8) is 0 Å². The van der Waals surface area contributed by atoms with Gasteiger partial charge in [0.15, 0.2) is 0 Å². The van der Waals surface area contributed by atoms with Gasteiger partial charge in [-0.3, -0.25) is 9.97 Å². The van der Waals surface area contributed by atoms with E-state index >= 15 is 0 Å². The van der Waals surface area contributed by atoms with Gasteiger partial charge >= 0.3 is 0 Å². The average Bonchev–Trinajstić information content (AvgIpc) is 2.61. The largest absolute Gasteiger partial charge is 0.494 e. The van der Waals surface area contributed by atoms with Crippen LogP contribution in [0.3, 0.4) is 0 Å². The molecule has 7 heteroatoms. The zero-order valence-electron chi connectivity index (χ0n) is 13.3. The summed E-state index contributed by atoms with van der Waals surface area (Å²) in [5, 5.41) is 0.516. The minimum absolute atomic E-state index is 0.169. The molecule has 2 aromatic heterocycles. The maximum absolute atomic E-state index is 12.8. The number of hydrogen-bond donors (Lipinski definition) is 1. The molecular weight excluding hydrogens is 326 g/mol. The molecule has 124 valence electrons. The first kappa shape index (κ1) is 16.4. The third-order valence-corrected chi connectivity index (χ3v) is 5.32. The molecule has 0 aliphatic heterocycles. The molecule has 0 saturated heterocycles. The van der Waals surface area contributed by atoms with Crippen molar-refractivity contribution in [3.8, 4) is 5.75 Å². The summed E-state index contributed by atoms with van der Waals surface area (Å²) in [4.78, 5) is 8.42. The van der Waals surface area contributed by atoms with Gasteiger partial charge < -0.3 is 4.74 Å². The molecule has 1 aromatic carbocycles. The zero-order chi connectivity index (χ0) is 17.2. The fourth-order valence-corrected chi connectivity index (χ4v) is 3.95. The van der Waals surface area contributed by atoms with Crippen molar-refractivity contribution < 1.29 is 13.2 Å². The molecule has 0 aliphatic rings. The van der Waals surface area contributed by atoms with Crippen LogP contribution in [0.25, 0.3) is 10.9 Å². The summed E-state index contributed by atoms with van der Waals surface area (Å²) in [6, 6.07) is 9.75. The summed E-state index contributed by atoms with van der Waals surface area (Å²) in [5.74, 6) is 0.532. The van der Waals surface area contributed by atoms with Crippen LogP contribution in [0.15, 0.2) is 59.9 Å². The Bertz CT molecular complexity index is 959. The molecule has 0 radical (unpaired) electrons. The smallest absolute Gasteiger partial charge is 0.241 e. The van der Waals surface area contributed by atoms with Crippen LogP contribution in [-0.4, -0.2) is 25.5 Å². The van der Waals surface area contributed by atoms with Crippen LogP contribution in [0, 0.1) is 0 Å². The number of aromatic nitrogens is 2. The van der Waals surface area contributed by atoms with E-state index in [1.165, 1.54) is 13.2 Å². The normalized spacial score (nSPS) is 12.9. The molecule has 3 aromatic rings. The predicted octanol–water partition coefficient (Wildman–Crippen LogP) is 2.68. The zero-order valence-corrected chi connectivity index (χ0v) is 14.1. The standard InChI is InChI=1S/C17H17N3O3S/c1-12(13-5-3-9-18-11-13)20-24(21,22)16-8-7-15(23-2)17-14(16)6-4-10-19-17/h3-12,20H,1-2H3/t12-/m0/s1. The molecule has 1 N–H and O–H groups in total. The highest BCUT2D eigenvalue weighted by atomic mass is 32.2. The molecule has 0 aliphatic carbocycles. The first-order valence-electron chi connectivity index (χ1n) is 7.37. The highest BCUT2D eigenvalue weighted by Crippen LogP contribution is 2.29. The van der Waals surface area contributed by atoms with Crippen LogP contribution in [-0.2, 0) is 10.0 Å². The van der Waals surface area contributed by atoms with E-state index in [2.05, 4.69) is 14.7 Å². The van der Waals surface area contributed by atoms with Crippen LogP contribution in [0.5, 0.6) is 5.75 Å². The first-order valence-corrected chi connectivity index (χ1v) is 8.85. The highest BCUT2D eigenvalue weighted by Gasteiger charge is 2.22. The van der Waals surface area contributed by atoms with E-state index in [1.807, 2.05) is 6.07 Å². The van der Waals surface area contributed by atoms with Gasteiger partial charge in [-0.05, 0) is 42.8 Å². The highest BCUT2D eigenvalue weighted by molar-refractivity contribution is 7.89. The fourth-order valence-electron chi connectivity index (χ4n) is 2.52. The van der Waals surface area contributed by atoms with Crippen LogP contribution >= 0.6 is 0 Å². The van der Waals surface area contributed by atoms with E-state index in [0.29, 0.717) is 16.7 Å². The van der Waals surface area contributed by atoms with E-state index in [1.54, 1.807) is 49.8 Å². The molecule has 3 rings (SSSR count). The van der Waals surface area contributed by atoms with Gasteiger partial charge in [-0.1, -0.05) is 6.07 Å². The number of hydrogen-bond acceptors (Lipinski definition) is 5. The lowest BCUT2D eigenvalue weighted by Crippen LogP contribution is -2.27. The molecule has 0 fully saturated rings. The van der Waals surface area contributed by atoms with Crippen LogP contribution in [0.4, 0.5) is 0 Å². The van der Waals surface area contributed by atoms with Gasteiger partial charge in [-0.15, -0.1) is 0 Å². The summed E-state index contributed by atoms with van der Waals surface area (Å²) in [5.41, 5.74) is 1.30. The maximum atomic E-state index is 12.8. The Morgan fingerprint density at radius 1 is 1.12 bits per heavy atom. The van der Waals surface area contributed by atoms with Gasteiger partial charge in [-0.2, -0.15) is 0 Å². The number of benzene rings is 1. The Morgan fingerprint density at radius 3 is 2.62 bits per heavy atom. The van der Waals surface area contributed by atoms with Crippen LogP contribution in [0.2, 0.25) is 0 Å². The summed E-state index contributed by atoms with van der Waals surface area (Å²) in [6.45, 7) is 1.78. The summed E-state index contributed by atoms with van der Waals surface area (Å²) in [7, 11) is -2.20. The quantitative estimate of drug-likeness (QED) is 0.770. The van der Waals surface area contributed by atoms with Crippen molar-refractivity contribution in [2.24, 2.45) is 0 Å². The number of rotatable bonds is 5. The van der Waals surface area contributed by atoms with E-state index < -0.39 is 16.1 Å². The summed E-state index contributed by atoms with van der Waals surface area (Å²) < 4.78 is 33.6. The Balaban J connectivity index is 2.03. The van der Waals surface area contributed by atoms with Crippen molar-refractivity contribution in [2.45, 2.75) is 17.9 Å². The van der Waals surface area contributed by atoms with Gasteiger partial charge in [-0.25, -0.2) is 13.1 Å². The first-order chi connectivity index (χ1) is 11.5. The molecular formula is C17H17N3O3S. The fraction of sp³-hybridized carbons (Fsp3) is 0.176. The minimum Gasteiger partial charge on any atom is -0.494 e. The van der Waals surface area contributed by atoms with Crippen molar-refractivity contribution in [1.82, 2.24) is 14.7 Å². The molecule has 6 nitrogen and oxygen atoms in total. The Hall–Kier alpha value is -2.51. The van der Waals surface area contributed by atoms with Gasteiger partial charge in [0.2, 0.25) is 10.0 Å². The molecule has 0 saturated carbocycles. The van der Waals surface area contributed by atoms with Crippen molar-refractivity contribution >= 4 is 20.9 Å². The van der Waals surface area contributed by atoms with Crippen molar-refractivity contribution in [3.05, 3.63) is 60.6 Å². The van der Waals surface area contributed by atoms with Crippen LogP contribution in [0.1, 0.15) is 18.5 Å². The van der Waals surface area contributed by atoms with Gasteiger partial charge in [0.05, 0.1) is 12.0 Å². The van der Waals surface area contributed by atoms with Crippen LogP contribution < -0.4 is 9.46 Å². The van der Waals surface area contributed by atoms with Crippen molar-refractivity contribution in [2.75, 3.05) is 7.11 Å². The Kier molecular flexibility index (Phi) is 4.46. The number of ether oxygens (including phenoxy) is 1. The number of sulfonamides is 1. The molecule has 0 spiro atoms. The number of nitrogens with zero attached hydrogens (tertiary/aromatic N) is 2. The molecule has 2 heterocycles. The summed E-state index contributed by atoms with van der Waals surface area (Å²) in [6.07, 6.45) is 4.89. The number of methoxy groups -OCH3 is 1. The average molecular weight is 343 g/mol. The van der Waals surface area contributed by atoms with E-state index in [0.717, 1.165) is 5.56 Å². The van der Waals surface area contributed by atoms with E-state index in [-0.39, 0.29) is 4.90 Å². The summed E-state index contributed by atoms with van der Waals surface area (Å²) >= 11 is 0. The second-order valence-corrected chi connectivity index (χ2v) is 6.98. The molecule has 0 bridgehead atoms.